The van der Waals surface area contributed by atoms with Crippen molar-refractivity contribution in [3.8, 4) is 11.8 Å². The van der Waals surface area contributed by atoms with E-state index in [4.69, 9.17) is 16.3 Å². The molecule has 138 valence electrons. The van der Waals surface area contributed by atoms with Crippen LogP contribution in [0.4, 0.5) is 0 Å². The van der Waals surface area contributed by atoms with Gasteiger partial charge in [0.05, 0.1) is 23.3 Å². The summed E-state index contributed by atoms with van der Waals surface area (Å²) < 4.78 is 5.47. The van der Waals surface area contributed by atoms with Gasteiger partial charge >= 0.3 is 0 Å². The molecule has 1 heterocycles. The van der Waals surface area contributed by atoms with Crippen LogP contribution in [0.15, 0.2) is 59.1 Å². The normalized spacial score (nSPS) is 16.6. The molecule has 4 nitrogen and oxygen atoms in total. The minimum Gasteiger partial charge on any atom is -0.494 e. The Morgan fingerprint density at radius 2 is 2.00 bits per heavy atom. The molecule has 2 aromatic carbocycles. The van der Waals surface area contributed by atoms with Gasteiger partial charge in [0.2, 0.25) is 5.91 Å². The molecule has 3 rings (SSSR count). The zero-order valence-corrected chi connectivity index (χ0v) is 16.4. The largest absolute Gasteiger partial charge is 0.494 e. The van der Waals surface area contributed by atoms with Crippen LogP contribution in [0.2, 0.25) is 5.02 Å². The summed E-state index contributed by atoms with van der Waals surface area (Å²) >= 11 is 7.64. The van der Waals surface area contributed by atoms with Crippen LogP contribution in [0.25, 0.3) is 0 Å². The molecular weight excluding hydrogens is 380 g/mol. The second-order valence-electron chi connectivity index (χ2n) is 6.04. The van der Waals surface area contributed by atoms with Crippen molar-refractivity contribution in [2.45, 2.75) is 25.0 Å². The topological polar surface area (TPSA) is 62.1 Å². The Balaban J connectivity index is 1.85. The van der Waals surface area contributed by atoms with E-state index in [-0.39, 0.29) is 18.2 Å². The highest BCUT2D eigenvalue weighted by molar-refractivity contribution is 8.02. The molecule has 27 heavy (non-hydrogen) atoms. The Morgan fingerprint density at radius 1 is 1.26 bits per heavy atom. The summed E-state index contributed by atoms with van der Waals surface area (Å²) in [5, 5.41) is 13.9. The van der Waals surface area contributed by atoms with Gasteiger partial charge in [-0.15, -0.1) is 11.8 Å². The summed E-state index contributed by atoms with van der Waals surface area (Å²) in [7, 11) is 0. The van der Waals surface area contributed by atoms with E-state index in [1.54, 1.807) is 0 Å². The summed E-state index contributed by atoms with van der Waals surface area (Å²) in [6.45, 7) is 2.52. The van der Waals surface area contributed by atoms with Gasteiger partial charge in [-0.25, -0.2) is 0 Å². The van der Waals surface area contributed by atoms with Gasteiger partial charge in [0.15, 0.2) is 0 Å². The lowest BCUT2D eigenvalue weighted by molar-refractivity contribution is -0.120. The summed E-state index contributed by atoms with van der Waals surface area (Å²) in [6.07, 6.45) is 0.257. The Hall–Kier alpha value is -2.42. The first-order valence-corrected chi connectivity index (χ1v) is 10.0. The number of amides is 1. The Labute approximate surface area is 168 Å². The number of hydrogen-bond acceptors (Lipinski definition) is 4. The molecule has 0 aromatic heterocycles. The van der Waals surface area contributed by atoms with Gasteiger partial charge < -0.3 is 10.1 Å². The molecule has 0 aliphatic carbocycles. The predicted molar refractivity (Wildman–Crippen MR) is 108 cm³/mol. The molecule has 1 N–H and O–H groups in total. The maximum Gasteiger partial charge on any atom is 0.225 e. The lowest BCUT2D eigenvalue weighted by atomic mass is 9.87. The van der Waals surface area contributed by atoms with Gasteiger partial charge in [0.25, 0.3) is 0 Å². The molecule has 0 saturated heterocycles. The highest BCUT2D eigenvalue weighted by Gasteiger charge is 2.29. The maximum absolute atomic E-state index is 12.2. The molecular formula is C21H19ClN2O2S. The fourth-order valence-electron chi connectivity index (χ4n) is 2.95. The zero-order chi connectivity index (χ0) is 19.2. The van der Waals surface area contributed by atoms with E-state index in [0.717, 1.165) is 16.9 Å². The number of ether oxygens (including phenoxy) is 1. The van der Waals surface area contributed by atoms with Crippen molar-refractivity contribution in [1.82, 2.24) is 5.32 Å². The number of halogens is 1. The molecule has 0 fully saturated rings. The number of nitrogens with one attached hydrogen (secondary N) is 1. The van der Waals surface area contributed by atoms with E-state index in [0.29, 0.717) is 28.0 Å². The SMILES string of the molecule is CCOc1ccc([C@H]2CC(=O)NC(SCc3ccccc3Cl)=C2C#N)cc1. The van der Waals surface area contributed by atoms with Crippen LogP contribution in [0.5, 0.6) is 5.75 Å². The number of carbonyl (C=O) groups is 1. The first kappa shape index (κ1) is 19.3. The minimum atomic E-state index is -0.256. The fourth-order valence-corrected chi connectivity index (χ4v) is 4.31. The summed E-state index contributed by atoms with van der Waals surface area (Å²) in [5.74, 6) is 1.01. The lowest BCUT2D eigenvalue weighted by Crippen LogP contribution is -2.30. The lowest BCUT2D eigenvalue weighted by Gasteiger charge is -2.25. The van der Waals surface area contributed by atoms with E-state index in [1.165, 1.54) is 11.8 Å². The third-order valence-electron chi connectivity index (χ3n) is 4.28. The number of benzene rings is 2. The highest BCUT2D eigenvalue weighted by atomic mass is 35.5. The van der Waals surface area contributed by atoms with E-state index in [2.05, 4.69) is 11.4 Å². The smallest absolute Gasteiger partial charge is 0.225 e. The van der Waals surface area contributed by atoms with Crippen LogP contribution in [-0.2, 0) is 10.5 Å². The minimum absolute atomic E-state index is 0.0884. The number of thioether (sulfide) groups is 1. The van der Waals surface area contributed by atoms with E-state index in [9.17, 15) is 10.1 Å². The van der Waals surface area contributed by atoms with E-state index < -0.39 is 0 Å². The van der Waals surface area contributed by atoms with Crippen LogP contribution in [0, 0.1) is 11.3 Å². The van der Waals surface area contributed by atoms with Crippen LogP contribution in [-0.4, -0.2) is 12.5 Å². The molecule has 0 bridgehead atoms. The number of hydrogen-bond donors (Lipinski definition) is 1. The van der Waals surface area contributed by atoms with Gasteiger partial charge in [-0.1, -0.05) is 41.9 Å². The number of allylic oxidation sites excluding steroid dienone is 1. The first-order chi connectivity index (χ1) is 13.1. The first-order valence-electron chi connectivity index (χ1n) is 8.65. The number of rotatable bonds is 6. The maximum atomic E-state index is 12.2. The molecule has 6 heteroatoms. The number of carbonyl (C=O) groups excluding carboxylic acids is 1. The molecule has 0 spiro atoms. The van der Waals surface area contributed by atoms with Crippen LogP contribution in [0.1, 0.15) is 30.4 Å². The second-order valence-corrected chi connectivity index (χ2v) is 7.43. The molecule has 0 unspecified atom stereocenters. The molecule has 1 aliphatic heterocycles. The van der Waals surface area contributed by atoms with Crippen molar-refractivity contribution < 1.29 is 9.53 Å². The standard InChI is InChI=1S/C21H19ClN2O2S/c1-2-26-16-9-7-14(8-10-16)17-11-20(25)24-21(18(17)12-23)27-13-15-5-3-4-6-19(15)22/h3-10,17H,2,11,13H2,1H3,(H,24,25)/t17-/m1/s1. The average Bonchev–Trinajstić information content (AvgIpc) is 2.68. The highest BCUT2D eigenvalue weighted by Crippen LogP contribution is 2.37. The third-order valence-corrected chi connectivity index (χ3v) is 5.71. The Bertz CT molecular complexity index is 903. The van der Waals surface area contributed by atoms with Gasteiger partial charge in [-0.3, -0.25) is 4.79 Å². The Kier molecular flexibility index (Phi) is 6.44. The van der Waals surface area contributed by atoms with Gasteiger partial charge in [-0.2, -0.15) is 5.26 Å². The zero-order valence-electron chi connectivity index (χ0n) is 14.9. The fraction of sp³-hybridized carbons (Fsp3) is 0.238. The summed E-state index contributed by atoms with van der Waals surface area (Å²) in [6, 6.07) is 17.4. The number of nitrogens with zero attached hydrogens (tertiary/aromatic N) is 1. The van der Waals surface area contributed by atoms with Crippen molar-refractivity contribution in [2.24, 2.45) is 0 Å². The quantitative estimate of drug-likeness (QED) is 0.742. The van der Waals surface area contributed by atoms with Gasteiger partial charge in [0.1, 0.15) is 5.75 Å². The monoisotopic (exact) mass is 398 g/mol. The molecule has 1 atom stereocenters. The van der Waals surface area contributed by atoms with Crippen molar-refractivity contribution >= 4 is 29.3 Å². The summed E-state index contributed by atoms with van der Waals surface area (Å²) in [4.78, 5) is 12.2. The molecule has 0 radical (unpaired) electrons. The number of nitriles is 1. The van der Waals surface area contributed by atoms with Crippen LogP contribution in [0.3, 0.4) is 0 Å². The van der Waals surface area contributed by atoms with Crippen molar-refractivity contribution in [3.63, 3.8) is 0 Å². The summed E-state index contributed by atoms with van der Waals surface area (Å²) in [5.41, 5.74) is 2.47. The van der Waals surface area contributed by atoms with Crippen molar-refractivity contribution in [3.05, 3.63) is 75.3 Å². The predicted octanol–water partition coefficient (Wildman–Crippen LogP) is 5.01. The van der Waals surface area contributed by atoms with Crippen LogP contribution < -0.4 is 10.1 Å². The van der Waals surface area contributed by atoms with E-state index >= 15 is 0 Å². The van der Waals surface area contributed by atoms with Crippen molar-refractivity contribution in [2.75, 3.05) is 6.61 Å². The average molecular weight is 399 g/mol. The van der Waals surface area contributed by atoms with E-state index in [1.807, 2.05) is 55.5 Å². The second kappa shape index (κ2) is 8.98. The van der Waals surface area contributed by atoms with Gasteiger partial charge in [-0.05, 0) is 36.2 Å². The molecule has 1 aliphatic rings. The van der Waals surface area contributed by atoms with Crippen molar-refractivity contribution in [1.29, 1.82) is 5.26 Å². The molecule has 2 aromatic rings. The third kappa shape index (κ3) is 4.65. The molecule has 1 amide bonds. The molecule has 0 saturated carbocycles. The Morgan fingerprint density at radius 3 is 2.67 bits per heavy atom. The van der Waals surface area contributed by atoms with Crippen LogP contribution >= 0.6 is 23.4 Å². The van der Waals surface area contributed by atoms with Gasteiger partial charge in [0, 0.05) is 23.1 Å².